The molecule has 0 fully saturated rings. The molecule has 84 valence electrons. The number of hydrogen-bond acceptors (Lipinski definition) is 2. The molecular formula is C13H20O2. The van der Waals surface area contributed by atoms with Gasteiger partial charge in [0.05, 0.1) is 6.10 Å². The first-order valence-electron chi connectivity index (χ1n) is 5.54. The maximum absolute atomic E-state index is 9.37. The molecule has 2 nitrogen and oxygen atoms in total. The Morgan fingerprint density at radius 3 is 2.67 bits per heavy atom. The van der Waals surface area contributed by atoms with Crippen LogP contribution >= 0.6 is 0 Å². The van der Waals surface area contributed by atoms with Crippen LogP contribution in [0.4, 0.5) is 0 Å². The van der Waals surface area contributed by atoms with Crippen LogP contribution in [0.25, 0.3) is 0 Å². The van der Waals surface area contributed by atoms with E-state index in [1.807, 2.05) is 25.1 Å². The fourth-order valence-electron chi connectivity index (χ4n) is 1.27. The monoisotopic (exact) mass is 208 g/mol. The molecule has 0 radical (unpaired) electrons. The summed E-state index contributed by atoms with van der Waals surface area (Å²) in [6.45, 7) is 6.62. The van der Waals surface area contributed by atoms with Crippen LogP contribution < -0.4 is 4.74 Å². The average Bonchev–Trinajstić information content (AvgIpc) is 2.26. The molecule has 0 bridgehead atoms. The molecule has 1 N–H and O–H groups in total. The highest BCUT2D eigenvalue weighted by Gasteiger charge is 2.03. The zero-order valence-electron chi connectivity index (χ0n) is 9.73. The summed E-state index contributed by atoms with van der Waals surface area (Å²) < 4.78 is 5.50. The molecule has 0 heterocycles. The van der Waals surface area contributed by atoms with Crippen molar-refractivity contribution in [1.29, 1.82) is 0 Å². The Bertz CT molecular complexity index is 294. The lowest BCUT2D eigenvalue weighted by atomic mass is 10.0. The van der Waals surface area contributed by atoms with Gasteiger partial charge in [-0.2, -0.15) is 0 Å². The van der Waals surface area contributed by atoms with Crippen molar-refractivity contribution in [2.45, 2.75) is 39.2 Å². The summed E-state index contributed by atoms with van der Waals surface area (Å²) in [4.78, 5) is 0. The van der Waals surface area contributed by atoms with Gasteiger partial charge in [-0.3, -0.25) is 0 Å². The van der Waals surface area contributed by atoms with Crippen molar-refractivity contribution in [2.75, 3.05) is 6.61 Å². The van der Waals surface area contributed by atoms with E-state index in [0.717, 1.165) is 12.2 Å². The number of ether oxygens (including phenoxy) is 1. The summed E-state index contributed by atoms with van der Waals surface area (Å²) in [6.07, 6.45) is 0.358. The van der Waals surface area contributed by atoms with E-state index in [4.69, 9.17) is 4.74 Å². The van der Waals surface area contributed by atoms with Crippen LogP contribution in [0.2, 0.25) is 0 Å². The van der Waals surface area contributed by atoms with Gasteiger partial charge in [-0.1, -0.05) is 32.9 Å². The van der Waals surface area contributed by atoms with E-state index < -0.39 is 0 Å². The zero-order chi connectivity index (χ0) is 11.3. The van der Waals surface area contributed by atoms with Gasteiger partial charge in [0.2, 0.25) is 0 Å². The van der Waals surface area contributed by atoms with Crippen LogP contribution in [0.3, 0.4) is 0 Å². The first-order valence-corrected chi connectivity index (χ1v) is 5.54. The predicted molar refractivity (Wildman–Crippen MR) is 62.3 cm³/mol. The number of hydrogen-bond donors (Lipinski definition) is 1. The van der Waals surface area contributed by atoms with Crippen LogP contribution in [-0.2, 0) is 0 Å². The van der Waals surface area contributed by atoms with Gasteiger partial charge in [-0.25, -0.2) is 0 Å². The van der Waals surface area contributed by atoms with Gasteiger partial charge in [0.1, 0.15) is 12.4 Å². The van der Waals surface area contributed by atoms with Crippen LogP contribution in [0, 0.1) is 0 Å². The molecule has 1 aromatic rings. The molecule has 0 unspecified atom stereocenters. The number of rotatable bonds is 5. The van der Waals surface area contributed by atoms with Gasteiger partial charge in [0, 0.05) is 0 Å². The second kappa shape index (κ2) is 5.76. The van der Waals surface area contributed by atoms with Crippen molar-refractivity contribution in [1.82, 2.24) is 0 Å². The van der Waals surface area contributed by atoms with Gasteiger partial charge < -0.3 is 9.84 Å². The molecule has 2 heteroatoms. The highest BCUT2D eigenvalue weighted by molar-refractivity contribution is 5.30. The summed E-state index contributed by atoms with van der Waals surface area (Å²) in [5.74, 6) is 1.35. The third kappa shape index (κ3) is 3.92. The lowest BCUT2D eigenvalue weighted by molar-refractivity contribution is 0.104. The van der Waals surface area contributed by atoms with Crippen LogP contribution in [-0.4, -0.2) is 17.8 Å². The van der Waals surface area contributed by atoms with E-state index in [1.54, 1.807) is 0 Å². The van der Waals surface area contributed by atoms with Crippen molar-refractivity contribution < 1.29 is 9.84 Å². The molecule has 0 saturated heterocycles. The number of aliphatic hydroxyl groups is 1. The summed E-state index contributed by atoms with van der Waals surface area (Å²) in [5, 5.41) is 9.37. The fraction of sp³-hybridized carbons (Fsp3) is 0.538. The Balaban J connectivity index is 2.58. The number of benzene rings is 1. The largest absolute Gasteiger partial charge is 0.491 e. The van der Waals surface area contributed by atoms with Crippen LogP contribution in [0.5, 0.6) is 5.75 Å². The van der Waals surface area contributed by atoms with Crippen molar-refractivity contribution >= 4 is 0 Å². The maximum atomic E-state index is 9.37. The summed E-state index contributed by atoms with van der Waals surface area (Å²) in [6, 6.07) is 8.04. The first-order chi connectivity index (χ1) is 7.13. The quantitative estimate of drug-likeness (QED) is 0.806. The lowest BCUT2D eigenvalue weighted by Crippen LogP contribution is -2.16. The normalized spacial score (nSPS) is 12.9. The molecule has 1 aromatic carbocycles. The van der Waals surface area contributed by atoms with Gasteiger partial charge in [-0.15, -0.1) is 0 Å². The zero-order valence-corrected chi connectivity index (χ0v) is 9.73. The Hall–Kier alpha value is -1.02. The molecule has 15 heavy (non-hydrogen) atoms. The van der Waals surface area contributed by atoms with Gasteiger partial charge in [-0.05, 0) is 30.0 Å². The summed E-state index contributed by atoms with van der Waals surface area (Å²) in [5.41, 5.74) is 1.26. The minimum atomic E-state index is -0.368. The van der Waals surface area contributed by atoms with E-state index in [0.29, 0.717) is 12.5 Å². The van der Waals surface area contributed by atoms with Gasteiger partial charge >= 0.3 is 0 Å². The average molecular weight is 208 g/mol. The standard InChI is InChI=1S/C13H20O2/c1-4-12(14)9-15-13-7-5-6-11(8-13)10(2)3/h5-8,10,12,14H,4,9H2,1-3H3/t12-/m0/s1. The van der Waals surface area contributed by atoms with Gasteiger partial charge in [0.15, 0.2) is 0 Å². The van der Waals surface area contributed by atoms with E-state index in [1.165, 1.54) is 5.56 Å². The molecule has 0 amide bonds. The third-order valence-corrected chi connectivity index (χ3v) is 2.44. The second-order valence-electron chi connectivity index (χ2n) is 4.10. The molecule has 0 aliphatic carbocycles. The number of aliphatic hydroxyl groups excluding tert-OH is 1. The third-order valence-electron chi connectivity index (χ3n) is 2.44. The molecule has 1 atom stereocenters. The molecule has 0 spiro atoms. The van der Waals surface area contributed by atoms with E-state index >= 15 is 0 Å². The van der Waals surface area contributed by atoms with Crippen molar-refractivity contribution in [3.8, 4) is 5.75 Å². The smallest absolute Gasteiger partial charge is 0.119 e. The SMILES string of the molecule is CC[C@H](O)COc1cccc(C(C)C)c1. The van der Waals surface area contributed by atoms with Crippen molar-refractivity contribution in [2.24, 2.45) is 0 Å². The predicted octanol–water partition coefficient (Wildman–Crippen LogP) is 2.96. The topological polar surface area (TPSA) is 29.5 Å². The van der Waals surface area contributed by atoms with Gasteiger partial charge in [0.25, 0.3) is 0 Å². The van der Waals surface area contributed by atoms with E-state index in [9.17, 15) is 5.11 Å². The highest BCUT2D eigenvalue weighted by atomic mass is 16.5. The van der Waals surface area contributed by atoms with Crippen LogP contribution in [0.15, 0.2) is 24.3 Å². The first kappa shape index (κ1) is 12.1. The molecular weight excluding hydrogens is 188 g/mol. The minimum absolute atomic E-state index is 0.368. The Morgan fingerprint density at radius 2 is 2.07 bits per heavy atom. The second-order valence-corrected chi connectivity index (χ2v) is 4.10. The lowest BCUT2D eigenvalue weighted by Gasteiger charge is -2.12. The molecule has 0 aromatic heterocycles. The molecule has 0 aliphatic heterocycles. The Morgan fingerprint density at radius 1 is 1.33 bits per heavy atom. The molecule has 0 aliphatic rings. The summed E-state index contributed by atoms with van der Waals surface area (Å²) >= 11 is 0. The van der Waals surface area contributed by atoms with Crippen molar-refractivity contribution in [3.63, 3.8) is 0 Å². The van der Waals surface area contributed by atoms with E-state index in [2.05, 4.69) is 19.9 Å². The fourth-order valence-corrected chi connectivity index (χ4v) is 1.27. The van der Waals surface area contributed by atoms with Crippen LogP contribution in [0.1, 0.15) is 38.7 Å². The van der Waals surface area contributed by atoms with Crippen molar-refractivity contribution in [3.05, 3.63) is 29.8 Å². The van der Waals surface area contributed by atoms with E-state index in [-0.39, 0.29) is 6.10 Å². The summed E-state index contributed by atoms with van der Waals surface area (Å²) in [7, 11) is 0. The molecule has 0 saturated carbocycles. The Kier molecular flexibility index (Phi) is 4.63. The maximum Gasteiger partial charge on any atom is 0.119 e. The highest BCUT2D eigenvalue weighted by Crippen LogP contribution is 2.20. The molecule has 1 rings (SSSR count). The Labute approximate surface area is 91.9 Å². The minimum Gasteiger partial charge on any atom is -0.491 e.